The van der Waals surface area contributed by atoms with Crippen LogP contribution in [0.3, 0.4) is 0 Å². The molecule has 7 heteroatoms. The standard InChI is InChI=1S/C25H36FN3O3/c1-17(2)31-22-15-19(28-23-20(22)10-8-13-27-23)9-6-7-11-21(26)18-12-14-29(16-18)24(30)32-25(3,4)5/h8,10,13,15,17-18,21H,6-7,9,11-12,14,16H2,1-5H3/t18-,21-/m1/s1. The second kappa shape index (κ2) is 10.5. The van der Waals surface area contributed by atoms with Crippen molar-refractivity contribution < 1.29 is 18.7 Å². The molecule has 3 rings (SSSR count). The lowest BCUT2D eigenvalue weighted by atomic mass is 9.97. The van der Waals surface area contributed by atoms with Gasteiger partial charge in [-0.2, -0.15) is 0 Å². The number of pyridine rings is 2. The molecule has 0 spiro atoms. The number of hydrogen-bond donors (Lipinski definition) is 0. The van der Waals surface area contributed by atoms with Crippen molar-refractivity contribution in [1.82, 2.24) is 14.9 Å². The molecule has 176 valence electrons. The van der Waals surface area contributed by atoms with Gasteiger partial charge in [0, 0.05) is 37.0 Å². The number of nitrogens with zero attached hydrogens (tertiary/aromatic N) is 3. The summed E-state index contributed by atoms with van der Waals surface area (Å²) in [4.78, 5) is 22.8. The average Bonchev–Trinajstić information content (AvgIpc) is 3.20. The normalized spacial score (nSPS) is 17.7. The Balaban J connectivity index is 1.48. The molecule has 0 bridgehead atoms. The van der Waals surface area contributed by atoms with Crippen LogP contribution in [0.2, 0.25) is 0 Å². The molecule has 0 saturated carbocycles. The van der Waals surface area contributed by atoms with Gasteiger partial charge >= 0.3 is 6.09 Å². The van der Waals surface area contributed by atoms with Gasteiger partial charge in [-0.25, -0.2) is 19.2 Å². The summed E-state index contributed by atoms with van der Waals surface area (Å²) in [6.45, 7) is 10.5. The molecule has 1 amide bonds. The van der Waals surface area contributed by atoms with Crippen LogP contribution in [0, 0.1) is 5.92 Å². The molecular weight excluding hydrogens is 409 g/mol. The van der Waals surface area contributed by atoms with E-state index in [1.54, 1.807) is 11.1 Å². The van der Waals surface area contributed by atoms with Crippen molar-refractivity contribution in [2.75, 3.05) is 13.1 Å². The lowest BCUT2D eigenvalue weighted by Crippen LogP contribution is -2.36. The molecule has 1 aliphatic rings. The first-order valence-corrected chi connectivity index (χ1v) is 11.7. The van der Waals surface area contributed by atoms with Crippen LogP contribution in [0.1, 0.15) is 66.0 Å². The van der Waals surface area contributed by atoms with E-state index in [-0.39, 0.29) is 18.1 Å². The third-order valence-electron chi connectivity index (χ3n) is 5.51. The van der Waals surface area contributed by atoms with Gasteiger partial charge < -0.3 is 14.4 Å². The second-order valence-corrected chi connectivity index (χ2v) is 9.89. The van der Waals surface area contributed by atoms with E-state index < -0.39 is 11.8 Å². The second-order valence-electron chi connectivity index (χ2n) is 9.89. The number of aryl methyl sites for hydroxylation is 1. The van der Waals surface area contributed by atoms with Crippen molar-refractivity contribution in [3.05, 3.63) is 30.1 Å². The quantitative estimate of drug-likeness (QED) is 0.486. The zero-order chi connectivity index (χ0) is 23.3. The minimum atomic E-state index is -0.909. The topological polar surface area (TPSA) is 64.5 Å². The fraction of sp³-hybridized carbons (Fsp3) is 0.640. The van der Waals surface area contributed by atoms with Gasteiger partial charge in [-0.15, -0.1) is 0 Å². The van der Waals surface area contributed by atoms with Crippen molar-refractivity contribution in [2.24, 2.45) is 5.92 Å². The van der Waals surface area contributed by atoms with Crippen molar-refractivity contribution >= 4 is 17.1 Å². The molecule has 2 atom stereocenters. The van der Waals surface area contributed by atoms with Gasteiger partial charge in [0.05, 0.1) is 11.5 Å². The van der Waals surface area contributed by atoms with Gasteiger partial charge in [0.2, 0.25) is 0 Å². The van der Waals surface area contributed by atoms with Crippen LogP contribution in [0.4, 0.5) is 9.18 Å². The molecule has 1 aliphatic heterocycles. The highest BCUT2D eigenvalue weighted by molar-refractivity contribution is 5.81. The summed E-state index contributed by atoms with van der Waals surface area (Å²) in [6.07, 6.45) is 4.09. The fourth-order valence-corrected chi connectivity index (χ4v) is 4.01. The predicted octanol–water partition coefficient (Wildman–Crippen LogP) is 5.72. The van der Waals surface area contributed by atoms with Gasteiger partial charge in [-0.05, 0) is 72.4 Å². The molecule has 3 heterocycles. The summed E-state index contributed by atoms with van der Waals surface area (Å²) in [6, 6.07) is 5.82. The summed E-state index contributed by atoms with van der Waals surface area (Å²) < 4.78 is 26.2. The maximum atomic E-state index is 14.8. The molecule has 1 saturated heterocycles. The Morgan fingerprint density at radius 2 is 2.09 bits per heavy atom. The largest absolute Gasteiger partial charge is 0.490 e. The smallest absolute Gasteiger partial charge is 0.410 e. The van der Waals surface area contributed by atoms with E-state index in [2.05, 4.69) is 9.97 Å². The molecule has 0 aliphatic carbocycles. The van der Waals surface area contributed by atoms with Crippen molar-refractivity contribution in [1.29, 1.82) is 0 Å². The van der Waals surface area contributed by atoms with Crippen molar-refractivity contribution in [3.63, 3.8) is 0 Å². The van der Waals surface area contributed by atoms with Crippen LogP contribution in [0.15, 0.2) is 24.4 Å². The molecule has 2 aromatic heterocycles. The molecule has 2 aromatic rings. The fourth-order valence-electron chi connectivity index (χ4n) is 4.01. The third-order valence-corrected chi connectivity index (χ3v) is 5.51. The Hall–Kier alpha value is -2.44. The van der Waals surface area contributed by atoms with Gasteiger partial charge in [0.15, 0.2) is 5.65 Å². The van der Waals surface area contributed by atoms with Gasteiger partial charge in [0.1, 0.15) is 17.5 Å². The third kappa shape index (κ3) is 6.78. The number of unbranched alkanes of at least 4 members (excludes halogenated alkanes) is 1. The molecule has 0 aromatic carbocycles. The monoisotopic (exact) mass is 445 g/mol. The van der Waals surface area contributed by atoms with Gasteiger partial charge in [-0.3, -0.25) is 0 Å². The summed E-state index contributed by atoms with van der Waals surface area (Å²) in [5.41, 5.74) is 1.06. The van der Waals surface area contributed by atoms with Crippen LogP contribution in [0.25, 0.3) is 11.0 Å². The number of ether oxygens (including phenoxy) is 2. The highest BCUT2D eigenvalue weighted by atomic mass is 19.1. The zero-order valence-corrected chi connectivity index (χ0v) is 19.9. The van der Waals surface area contributed by atoms with E-state index in [1.807, 2.05) is 52.8 Å². The van der Waals surface area contributed by atoms with Crippen LogP contribution in [-0.4, -0.2) is 51.9 Å². The van der Waals surface area contributed by atoms with Gasteiger partial charge in [-0.1, -0.05) is 6.42 Å². The van der Waals surface area contributed by atoms with E-state index in [4.69, 9.17) is 9.47 Å². The van der Waals surface area contributed by atoms with E-state index in [0.29, 0.717) is 31.6 Å². The molecule has 0 radical (unpaired) electrons. The number of halogens is 1. The highest BCUT2D eigenvalue weighted by Gasteiger charge is 2.33. The minimum absolute atomic E-state index is 0.0626. The SMILES string of the molecule is CC(C)Oc1cc(CCCC[C@@H](F)[C@@H]2CCN(C(=O)OC(C)(C)C)C2)nc2ncccc12. The number of hydrogen-bond acceptors (Lipinski definition) is 5. The minimum Gasteiger partial charge on any atom is -0.490 e. The Bertz CT molecular complexity index is 913. The van der Waals surface area contributed by atoms with Crippen LogP contribution < -0.4 is 4.74 Å². The molecule has 6 nitrogen and oxygen atoms in total. The maximum absolute atomic E-state index is 14.8. The lowest BCUT2D eigenvalue weighted by Gasteiger charge is -2.24. The van der Waals surface area contributed by atoms with E-state index in [1.165, 1.54) is 0 Å². The number of alkyl halides is 1. The summed E-state index contributed by atoms with van der Waals surface area (Å²) >= 11 is 0. The van der Waals surface area contributed by atoms with E-state index >= 15 is 0 Å². The van der Waals surface area contributed by atoms with Gasteiger partial charge in [0.25, 0.3) is 0 Å². The van der Waals surface area contributed by atoms with Crippen LogP contribution in [-0.2, 0) is 11.2 Å². The van der Waals surface area contributed by atoms with Crippen molar-refractivity contribution in [2.45, 2.75) is 84.6 Å². The van der Waals surface area contributed by atoms with Crippen molar-refractivity contribution in [3.8, 4) is 5.75 Å². The first kappa shape index (κ1) is 24.2. The average molecular weight is 446 g/mol. The number of amides is 1. The molecule has 1 fully saturated rings. The Labute approximate surface area is 190 Å². The zero-order valence-electron chi connectivity index (χ0n) is 19.9. The van der Waals surface area contributed by atoms with E-state index in [9.17, 15) is 9.18 Å². The first-order valence-electron chi connectivity index (χ1n) is 11.7. The Morgan fingerprint density at radius 3 is 2.81 bits per heavy atom. The Morgan fingerprint density at radius 1 is 1.31 bits per heavy atom. The number of carbonyl (C=O) groups excluding carboxylic acids is 1. The van der Waals surface area contributed by atoms with Crippen LogP contribution >= 0.6 is 0 Å². The summed E-state index contributed by atoms with van der Waals surface area (Å²) in [7, 11) is 0. The molecule has 0 N–H and O–H groups in total. The Kier molecular flexibility index (Phi) is 7.91. The summed E-state index contributed by atoms with van der Waals surface area (Å²) in [5.74, 6) is 0.682. The number of likely N-dealkylation sites (tertiary alicyclic amines) is 1. The number of carbonyl (C=O) groups is 1. The predicted molar refractivity (Wildman–Crippen MR) is 124 cm³/mol. The summed E-state index contributed by atoms with van der Waals surface area (Å²) in [5, 5.41) is 0.907. The first-order chi connectivity index (χ1) is 15.1. The molecule has 32 heavy (non-hydrogen) atoms. The van der Waals surface area contributed by atoms with Crippen LogP contribution in [0.5, 0.6) is 5.75 Å². The molecule has 0 unspecified atom stereocenters. The highest BCUT2D eigenvalue weighted by Crippen LogP contribution is 2.28. The molecular formula is C25H36FN3O3. The maximum Gasteiger partial charge on any atom is 0.410 e. The number of rotatable bonds is 8. The lowest BCUT2D eigenvalue weighted by molar-refractivity contribution is 0.0280. The van der Waals surface area contributed by atoms with E-state index in [0.717, 1.165) is 36.1 Å². The number of aromatic nitrogens is 2. The number of fused-ring (bicyclic) bond motifs is 1.